The monoisotopic (exact) mass is 680 g/mol. The van der Waals surface area contributed by atoms with Gasteiger partial charge in [0.1, 0.15) is 12.2 Å². The van der Waals surface area contributed by atoms with Crippen molar-refractivity contribution in [3.63, 3.8) is 0 Å². The SMILES string of the molecule is CC1(C)O[C@@H]2[C@@H](O1)C(c1ccccc1)(c1ccccc1)OP([C]1[CH][CH][CH][CH]1)OC2(c1ccccc1)c1ccccc1.[CH]1[CH][CH][CH][CH]1.[Fe+2]. The smallest absolute Gasteiger partial charge is 0.341 e. The van der Waals surface area contributed by atoms with Gasteiger partial charge in [0.25, 0.3) is 0 Å². The van der Waals surface area contributed by atoms with Crippen LogP contribution in [-0.2, 0) is 46.8 Å². The average Bonchev–Trinajstić information content (AvgIpc) is 3.91. The van der Waals surface area contributed by atoms with Crippen LogP contribution in [0.25, 0.3) is 0 Å². The van der Waals surface area contributed by atoms with E-state index in [1.54, 1.807) is 0 Å². The van der Waals surface area contributed by atoms with Crippen LogP contribution in [0.4, 0.5) is 0 Å². The Morgan fingerprint density at radius 1 is 0.447 bits per heavy atom. The number of ether oxygens (including phenoxy) is 2. The number of rotatable bonds is 5. The molecule has 10 radical (unpaired) electrons. The van der Waals surface area contributed by atoms with Crippen molar-refractivity contribution in [1.29, 1.82) is 0 Å². The Hall–Kier alpha value is -2.33. The molecule has 236 valence electrons. The van der Waals surface area contributed by atoms with Crippen molar-refractivity contribution in [1.82, 2.24) is 0 Å². The van der Waals surface area contributed by atoms with Crippen LogP contribution in [0.1, 0.15) is 36.1 Å². The fourth-order valence-electron chi connectivity index (χ4n) is 6.60. The Morgan fingerprint density at radius 2 is 0.745 bits per heavy atom. The van der Waals surface area contributed by atoms with Gasteiger partial charge in [0.15, 0.2) is 25.4 Å². The summed E-state index contributed by atoms with van der Waals surface area (Å²) in [5.74, 6) is -0.897. The van der Waals surface area contributed by atoms with Crippen LogP contribution in [0.5, 0.6) is 0 Å². The minimum absolute atomic E-state index is 0. The molecule has 4 aromatic carbocycles. The molecule has 0 aromatic heterocycles. The topological polar surface area (TPSA) is 36.9 Å². The molecule has 2 saturated carbocycles. The molecule has 2 aliphatic heterocycles. The van der Waals surface area contributed by atoms with Crippen molar-refractivity contribution in [3.05, 3.63) is 207 Å². The Kier molecular flexibility index (Phi) is 11.1. The van der Waals surface area contributed by atoms with Crippen molar-refractivity contribution in [2.45, 2.75) is 43.0 Å². The summed E-state index contributed by atoms with van der Waals surface area (Å²) in [6.07, 6.45) is 17.1. The van der Waals surface area contributed by atoms with E-state index in [0.717, 1.165) is 27.9 Å². The largest absolute Gasteiger partial charge is 2.00 e. The van der Waals surface area contributed by atoms with E-state index in [2.05, 4.69) is 110 Å². The molecule has 4 nitrogen and oxygen atoms in total. The third-order valence-electron chi connectivity index (χ3n) is 8.57. The zero-order valence-corrected chi connectivity index (χ0v) is 28.3. The summed E-state index contributed by atoms with van der Waals surface area (Å²) in [4.78, 5) is 0. The van der Waals surface area contributed by atoms with Crippen molar-refractivity contribution in [2.75, 3.05) is 0 Å². The van der Waals surface area contributed by atoms with Crippen LogP contribution in [0.2, 0.25) is 0 Å². The molecule has 0 bridgehead atoms. The molecule has 4 fully saturated rings. The fourth-order valence-corrected chi connectivity index (χ4v) is 8.41. The number of benzene rings is 4. The molecule has 0 spiro atoms. The minimum Gasteiger partial charge on any atom is -0.341 e. The molecular formula is C41H37FeO4P+2. The predicted molar refractivity (Wildman–Crippen MR) is 182 cm³/mol. The van der Waals surface area contributed by atoms with E-state index in [1.165, 1.54) is 0 Å². The van der Waals surface area contributed by atoms with Crippen molar-refractivity contribution in [2.24, 2.45) is 0 Å². The van der Waals surface area contributed by atoms with Gasteiger partial charge in [-0.3, -0.25) is 0 Å². The Balaban J connectivity index is 0.000000591. The van der Waals surface area contributed by atoms with Crippen LogP contribution < -0.4 is 0 Å². The molecule has 6 heteroatoms. The maximum atomic E-state index is 7.46. The summed E-state index contributed by atoms with van der Waals surface area (Å²) in [5, 5.41) is 0. The first-order valence-corrected chi connectivity index (χ1v) is 16.9. The minimum atomic E-state index is -1.64. The molecule has 4 aliphatic rings. The van der Waals surface area contributed by atoms with E-state index in [9.17, 15) is 0 Å². The van der Waals surface area contributed by atoms with Crippen LogP contribution in [0.3, 0.4) is 0 Å². The van der Waals surface area contributed by atoms with Gasteiger partial charge >= 0.3 is 17.1 Å². The first kappa shape index (κ1) is 34.5. The summed E-state index contributed by atoms with van der Waals surface area (Å²) in [6.45, 7) is 3.95. The van der Waals surface area contributed by atoms with Gasteiger partial charge in [-0.15, -0.1) is 0 Å². The Morgan fingerprint density at radius 3 is 1.04 bits per heavy atom. The van der Waals surface area contributed by atoms with Crippen molar-refractivity contribution < 1.29 is 35.6 Å². The zero-order valence-electron chi connectivity index (χ0n) is 26.3. The quantitative estimate of drug-likeness (QED) is 0.156. The molecule has 8 rings (SSSR count). The van der Waals surface area contributed by atoms with Crippen LogP contribution in [0.15, 0.2) is 121 Å². The van der Waals surface area contributed by atoms with Gasteiger partial charge in [-0.05, 0) is 93.9 Å². The summed E-state index contributed by atoms with van der Waals surface area (Å²) in [5.41, 5.74) is 2.88. The van der Waals surface area contributed by atoms with Crippen molar-refractivity contribution in [3.8, 4) is 0 Å². The first-order valence-electron chi connectivity index (χ1n) is 15.7. The van der Waals surface area contributed by atoms with E-state index in [0.29, 0.717) is 0 Å². The average molecular weight is 681 g/mol. The van der Waals surface area contributed by atoms with Gasteiger partial charge < -0.3 is 18.5 Å². The number of fused-ring (bicyclic) bond motifs is 1. The van der Waals surface area contributed by atoms with Gasteiger partial charge in [-0.2, -0.15) is 0 Å². The molecule has 2 aliphatic carbocycles. The van der Waals surface area contributed by atoms with E-state index in [1.807, 2.05) is 83.1 Å². The summed E-state index contributed by atoms with van der Waals surface area (Å²) in [6, 6.07) is 41.5. The van der Waals surface area contributed by atoms with E-state index in [-0.39, 0.29) is 17.1 Å². The summed E-state index contributed by atoms with van der Waals surface area (Å²) < 4.78 is 28.9. The van der Waals surface area contributed by atoms with Crippen LogP contribution in [0, 0.1) is 63.4 Å². The van der Waals surface area contributed by atoms with Gasteiger partial charge in [0.05, 0.1) is 5.66 Å². The van der Waals surface area contributed by atoms with Gasteiger partial charge in [0, 0.05) is 0 Å². The molecule has 47 heavy (non-hydrogen) atoms. The molecule has 4 aromatic rings. The Bertz CT molecular complexity index is 1340. The van der Waals surface area contributed by atoms with Gasteiger partial charge in [-0.1, -0.05) is 121 Å². The third kappa shape index (κ3) is 6.79. The summed E-state index contributed by atoms with van der Waals surface area (Å²) in [7, 11) is -1.64. The maximum absolute atomic E-state index is 7.46. The molecule has 2 saturated heterocycles. The zero-order chi connectivity index (χ0) is 31.5. The molecule has 2 atom stereocenters. The Labute approximate surface area is 293 Å². The van der Waals surface area contributed by atoms with Gasteiger partial charge in [0.2, 0.25) is 0 Å². The van der Waals surface area contributed by atoms with Crippen molar-refractivity contribution >= 4 is 8.38 Å². The van der Waals surface area contributed by atoms with E-state index < -0.39 is 37.6 Å². The van der Waals surface area contributed by atoms with E-state index in [4.69, 9.17) is 18.5 Å². The predicted octanol–water partition coefficient (Wildman–Crippen LogP) is 9.13. The molecule has 0 amide bonds. The second kappa shape index (κ2) is 15.1. The standard InChI is InChI=1S/C36H32O4P.C5H5.Fe/c1-34(2)37-32-33(38-34)36(29-21-11-5-12-22-29,30-23-13-6-14-24-30)40-41(31-25-15-16-26-31)39-35(32,27-17-7-3-8-18-27)28-19-9-4-10-20-28;1-2-4-5-3-1;/h3-26,32-33H,1-2H3;1-5H;/q;;+2/t32-,33-;;/m1../s1. The van der Waals surface area contributed by atoms with E-state index >= 15 is 0 Å². The number of hydrogen-bond acceptors (Lipinski definition) is 4. The first-order chi connectivity index (χ1) is 22.5. The fraction of sp³-hybridized carbons (Fsp3) is 0.171. The molecule has 2 heterocycles. The second-order valence-electron chi connectivity index (χ2n) is 12.0. The normalized spacial score (nSPS) is 24.7. The second-order valence-corrected chi connectivity index (χ2v) is 13.4. The molecule has 0 unspecified atom stereocenters. The third-order valence-corrected chi connectivity index (χ3v) is 10.2. The number of hydrogen-bond donors (Lipinski definition) is 0. The van der Waals surface area contributed by atoms with Gasteiger partial charge in [-0.25, -0.2) is 0 Å². The maximum Gasteiger partial charge on any atom is 2.00 e. The van der Waals surface area contributed by atoms with Crippen LogP contribution >= 0.6 is 8.38 Å². The summed E-state index contributed by atoms with van der Waals surface area (Å²) >= 11 is 0. The molecular weight excluding hydrogens is 643 g/mol. The molecule has 0 N–H and O–H groups in total. The van der Waals surface area contributed by atoms with Crippen LogP contribution in [-0.4, -0.2) is 18.0 Å².